The minimum Gasteiger partial charge on any atom is -0.460 e. The van der Waals surface area contributed by atoms with Crippen molar-refractivity contribution >= 4 is 23.7 Å². The van der Waals surface area contributed by atoms with Crippen LogP contribution in [0.3, 0.4) is 0 Å². The van der Waals surface area contributed by atoms with Gasteiger partial charge in [-0.2, -0.15) is 0 Å². The first-order valence-corrected chi connectivity index (χ1v) is 6.77. The van der Waals surface area contributed by atoms with Gasteiger partial charge in [-0.3, -0.25) is 9.59 Å². The standard InChI is InChI=1S/C16H19NO4/c1-3-21-16(20)15(19)14-9-7-13(8-10-14)6-4-5-11-17-12(2)18/h4,6-10H,3,5,11H2,1-2H3,(H,17,18). The Morgan fingerprint density at radius 2 is 1.86 bits per heavy atom. The topological polar surface area (TPSA) is 72.5 Å². The number of benzene rings is 1. The fourth-order valence-electron chi connectivity index (χ4n) is 1.61. The second kappa shape index (κ2) is 8.68. The van der Waals surface area contributed by atoms with Gasteiger partial charge >= 0.3 is 5.97 Å². The zero-order valence-corrected chi connectivity index (χ0v) is 12.2. The molecule has 0 aliphatic heterocycles. The van der Waals surface area contributed by atoms with Gasteiger partial charge in [0.25, 0.3) is 5.78 Å². The van der Waals surface area contributed by atoms with Crippen molar-refractivity contribution in [3.8, 4) is 0 Å². The normalized spacial score (nSPS) is 10.4. The number of amides is 1. The van der Waals surface area contributed by atoms with Gasteiger partial charge in [0.15, 0.2) is 0 Å². The van der Waals surface area contributed by atoms with Crippen LogP contribution in [0.25, 0.3) is 6.08 Å². The summed E-state index contributed by atoms with van der Waals surface area (Å²) in [5.41, 5.74) is 1.22. The first-order chi connectivity index (χ1) is 10.0. The molecule has 0 saturated heterocycles. The lowest BCUT2D eigenvalue weighted by Gasteiger charge is -2.01. The van der Waals surface area contributed by atoms with E-state index >= 15 is 0 Å². The molecule has 1 aromatic rings. The molecule has 112 valence electrons. The summed E-state index contributed by atoms with van der Waals surface area (Å²) in [5, 5.41) is 2.69. The minimum absolute atomic E-state index is 0.0507. The molecule has 1 rings (SSSR count). The van der Waals surface area contributed by atoms with Gasteiger partial charge in [0.2, 0.25) is 5.91 Å². The Hall–Kier alpha value is -2.43. The first-order valence-electron chi connectivity index (χ1n) is 6.77. The van der Waals surface area contributed by atoms with E-state index in [1.165, 1.54) is 6.92 Å². The minimum atomic E-state index is -0.837. The van der Waals surface area contributed by atoms with E-state index in [0.717, 1.165) is 12.0 Å². The van der Waals surface area contributed by atoms with E-state index in [0.29, 0.717) is 12.1 Å². The molecular weight excluding hydrogens is 270 g/mol. The van der Waals surface area contributed by atoms with Gasteiger partial charge in [0.05, 0.1) is 6.61 Å². The summed E-state index contributed by atoms with van der Waals surface area (Å²) in [5.74, 6) is -1.53. The van der Waals surface area contributed by atoms with Crippen LogP contribution in [0.4, 0.5) is 0 Å². The first kappa shape index (κ1) is 16.6. The zero-order valence-electron chi connectivity index (χ0n) is 12.2. The van der Waals surface area contributed by atoms with Crippen molar-refractivity contribution in [3.63, 3.8) is 0 Å². The fourth-order valence-corrected chi connectivity index (χ4v) is 1.61. The summed E-state index contributed by atoms with van der Waals surface area (Å²) in [6.07, 6.45) is 4.54. The Morgan fingerprint density at radius 1 is 1.19 bits per heavy atom. The van der Waals surface area contributed by atoms with Crippen molar-refractivity contribution < 1.29 is 19.1 Å². The van der Waals surface area contributed by atoms with Crippen molar-refractivity contribution in [2.75, 3.05) is 13.2 Å². The summed E-state index contributed by atoms with van der Waals surface area (Å²) in [4.78, 5) is 33.7. The smallest absolute Gasteiger partial charge is 0.379 e. The summed E-state index contributed by atoms with van der Waals surface area (Å²) in [7, 11) is 0. The predicted octanol–water partition coefficient (Wildman–Crippen LogP) is 1.97. The van der Waals surface area contributed by atoms with Crippen LogP contribution in [-0.4, -0.2) is 30.8 Å². The molecule has 0 fully saturated rings. The van der Waals surface area contributed by atoms with E-state index in [2.05, 4.69) is 10.1 Å². The lowest BCUT2D eigenvalue weighted by atomic mass is 10.1. The van der Waals surface area contributed by atoms with E-state index in [-0.39, 0.29) is 12.5 Å². The Labute approximate surface area is 124 Å². The highest BCUT2D eigenvalue weighted by molar-refractivity contribution is 6.40. The molecule has 0 atom stereocenters. The van der Waals surface area contributed by atoms with Crippen LogP contribution < -0.4 is 5.32 Å². The van der Waals surface area contributed by atoms with Crippen LogP contribution in [0.5, 0.6) is 0 Å². The molecule has 0 aliphatic carbocycles. The van der Waals surface area contributed by atoms with Gasteiger partial charge in [-0.1, -0.05) is 36.4 Å². The van der Waals surface area contributed by atoms with Crippen LogP contribution in [0.2, 0.25) is 0 Å². The van der Waals surface area contributed by atoms with Crippen LogP contribution in [0.1, 0.15) is 36.2 Å². The van der Waals surface area contributed by atoms with Crippen molar-refractivity contribution in [1.29, 1.82) is 0 Å². The second-order valence-electron chi connectivity index (χ2n) is 4.35. The number of carbonyl (C=O) groups excluding carboxylic acids is 3. The number of nitrogens with one attached hydrogen (secondary N) is 1. The summed E-state index contributed by atoms with van der Waals surface area (Å²) >= 11 is 0. The molecule has 1 amide bonds. The zero-order chi connectivity index (χ0) is 15.7. The molecule has 0 radical (unpaired) electrons. The van der Waals surface area contributed by atoms with Crippen LogP contribution in [-0.2, 0) is 14.3 Å². The predicted molar refractivity (Wildman–Crippen MR) is 79.7 cm³/mol. The summed E-state index contributed by atoms with van der Waals surface area (Å²) in [6.45, 7) is 3.90. The molecule has 5 heteroatoms. The number of ketones is 1. The highest BCUT2D eigenvalue weighted by Crippen LogP contribution is 2.08. The monoisotopic (exact) mass is 289 g/mol. The third kappa shape index (κ3) is 6.03. The summed E-state index contributed by atoms with van der Waals surface area (Å²) < 4.78 is 4.66. The fraction of sp³-hybridized carbons (Fsp3) is 0.312. The van der Waals surface area contributed by atoms with E-state index < -0.39 is 11.8 Å². The average molecular weight is 289 g/mol. The lowest BCUT2D eigenvalue weighted by molar-refractivity contribution is -0.137. The molecular formula is C16H19NO4. The number of hydrogen-bond donors (Lipinski definition) is 1. The van der Waals surface area contributed by atoms with Gasteiger partial charge in [-0.15, -0.1) is 0 Å². The molecule has 0 heterocycles. The second-order valence-corrected chi connectivity index (χ2v) is 4.35. The number of ether oxygens (including phenoxy) is 1. The molecule has 0 aromatic heterocycles. The number of Topliss-reactive ketones (excluding diaryl/α,β-unsaturated/α-hetero) is 1. The van der Waals surface area contributed by atoms with E-state index in [9.17, 15) is 14.4 Å². The molecule has 0 bridgehead atoms. The quantitative estimate of drug-likeness (QED) is 0.360. The molecule has 0 spiro atoms. The van der Waals surface area contributed by atoms with Gasteiger partial charge < -0.3 is 10.1 Å². The van der Waals surface area contributed by atoms with Gasteiger partial charge in [0, 0.05) is 19.0 Å². The van der Waals surface area contributed by atoms with E-state index in [4.69, 9.17) is 0 Å². The molecule has 5 nitrogen and oxygen atoms in total. The summed E-state index contributed by atoms with van der Waals surface area (Å²) in [6, 6.07) is 6.68. The largest absolute Gasteiger partial charge is 0.460 e. The van der Waals surface area contributed by atoms with Crippen LogP contribution >= 0.6 is 0 Å². The third-order valence-electron chi connectivity index (χ3n) is 2.63. The highest BCUT2D eigenvalue weighted by Gasteiger charge is 2.16. The Kier molecular flexibility index (Phi) is 6.87. The molecule has 1 aromatic carbocycles. The maximum Gasteiger partial charge on any atom is 0.379 e. The Morgan fingerprint density at radius 3 is 2.43 bits per heavy atom. The maximum absolute atomic E-state index is 11.7. The third-order valence-corrected chi connectivity index (χ3v) is 2.63. The van der Waals surface area contributed by atoms with Crippen LogP contribution in [0, 0.1) is 0 Å². The van der Waals surface area contributed by atoms with Gasteiger partial charge in [-0.25, -0.2) is 4.79 Å². The number of esters is 1. The van der Waals surface area contributed by atoms with Crippen molar-refractivity contribution in [3.05, 3.63) is 41.5 Å². The lowest BCUT2D eigenvalue weighted by Crippen LogP contribution is -2.20. The molecule has 1 N–H and O–H groups in total. The average Bonchev–Trinajstić information content (AvgIpc) is 2.46. The molecule has 0 saturated carbocycles. The van der Waals surface area contributed by atoms with Crippen LogP contribution in [0.15, 0.2) is 30.3 Å². The molecule has 21 heavy (non-hydrogen) atoms. The molecule has 0 aliphatic rings. The Balaban J connectivity index is 2.54. The number of hydrogen-bond acceptors (Lipinski definition) is 4. The number of carbonyl (C=O) groups is 3. The van der Waals surface area contributed by atoms with E-state index in [1.54, 1.807) is 31.2 Å². The van der Waals surface area contributed by atoms with Gasteiger partial charge in [-0.05, 0) is 18.9 Å². The van der Waals surface area contributed by atoms with E-state index in [1.807, 2.05) is 12.2 Å². The van der Waals surface area contributed by atoms with Crippen molar-refractivity contribution in [1.82, 2.24) is 5.32 Å². The Bertz CT molecular complexity index is 532. The van der Waals surface area contributed by atoms with Gasteiger partial charge in [0.1, 0.15) is 0 Å². The van der Waals surface area contributed by atoms with Crippen molar-refractivity contribution in [2.24, 2.45) is 0 Å². The van der Waals surface area contributed by atoms with Crippen molar-refractivity contribution in [2.45, 2.75) is 20.3 Å². The molecule has 0 unspecified atom stereocenters. The number of rotatable bonds is 7. The SMILES string of the molecule is CCOC(=O)C(=O)c1ccc(C=CCCNC(C)=O)cc1. The maximum atomic E-state index is 11.7. The highest BCUT2D eigenvalue weighted by atomic mass is 16.5.